The lowest BCUT2D eigenvalue weighted by Gasteiger charge is -2.35. The smallest absolute Gasteiger partial charge is 0.0540 e. The van der Waals surface area contributed by atoms with E-state index in [-0.39, 0.29) is 10.8 Å². The van der Waals surface area contributed by atoms with Gasteiger partial charge in [-0.25, -0.2) is 0 Å². The molecule has 0 fully saturated rings. The zero-order valence-corrected chi connectivity index (χ0v) is 34.6. The Bertz CT molecular complexity index is 3150. The predicted molar refractivity (Wildman–Crippen MR) is 253 cm³/mol. The van der Waals surface area contributed by atoms with Gasteiger partial charge in [0.2, 0.25) is 0 Å². The predicted octanol–water partition coefficient (Wildman–Crippen LogP) is 15.5. The zero-order chi connectivity index (χ0) is 40.3. The number of aryl methyl sites for hydroxylation is 1. The van der Waals surface area contributed by atoms with Crippen molar-refractivity contribution in [3.63, 3.8) is 0 Å². The minimum atomic E-state index is -0.183. The molecule has 288 valence electrons. The molecule has 2 nitrogen and oxygen atoms in total. The molecule has 0 spiro atoms. The molecule has 12 rings (SSSR count). The van der Waals surface area contributed by atoms with Gasteiger partial charge in [0, 0.05) is 33.0 Å². The maximum Gasteiger partial charge on any atom is 0.0540 e. The number of hydrogen-bond acceptors (Lipinski definition) is 1. The third-order valence-corrected chi connectivity index (χ3v) is 14.0. The molecular formula is C58H46N2. The lowest BCUT2D eigenvalue weighted by Crippen LogP contribution is -2.23. The molecule has 0 N–H and O–H groups in total. The van der Waals surface area contributed by atoms with Crippen LogP contribution in [0.15, 0.2) is 176 Å². The molecule has 0 amide bonds. The van der Waals surface area contributed by atoms with Gasteiger partial charge in [-0.1, -0.05) is 167 Å². The highest BCUT2D eigenvalue weighted by molar-refractivity contribution is 6.04. The van der Waals surface area contributed by atoms with Crippen LogP contribution in [-0.2, 0) is 17.3 Å². The van der Waals surface area contributed by atoms with Gasteiger partial charge in [0.15, 0.2) is 0 Å². The number of para-hydroxylation sites is 1. The molecule has 3 aliphatic carbocycles. The second kappa shape index (κ2) is 12.8. The quantitative estimate of drug-likeness (QED) is 0.169. The molecule has 9 aromatic rings. The van der Waals surface area contributed by atoms with Crippen LogP contribution in [0.3, 0.4) is 0 Å². The Kier molecular flexibility index (Phi) is 7.48. The number of nitrogens with zero attached hydrogens (tertiary/aromatic N) is 2. The zero-order valence-electron chi connectivity index (χ0n) is 34.6. The van der Waals surface area contributed by atoms with Gasteiger partial charge in [-0.15, -0.1) is 0 Å². The maximum atomic E-state index is 2.57. The molecule has 0 bridgehead atoms. The third-order valence-electron chi connectivity index (χ3n) is 14.0. The molecule has 8 aromatic carbocycles. The van der Waals surface area contributed by atoms with Crippen LogP contribution < -0.4 is 4.90 Å². The van der Waals surface area contributed by atoms with Crippen molar-refractivity contribution >= 4 is 44.8 Å². The Hall–Kier alpha value is -6.90. The van der Waals surface area contributed by atoms with Crippen molar-refractivity contribution in [1.82, 2.24) is 4.57 Å². The second-order valence-electron chi connectivity index (χ2n) is 18.0. The number of fused-ring (bicyclic) bond motifs is 10. The highest BCUT2D eigenvalue weighted by Gasteiger charge is 2.42. The van der Waals surface area contributed by atoms with Gasteiger partial charge < -0.3 is 9.47 Å². The van der Waals surface area contributed by atoms with Crippen LogP contribution in [0.2, 0.25) is 0 Å². The Morgan fingerprint density at radius 3 is 1.67 bits per heavy atom. The number of rotatable bonds is 5. The normalized spacial score (nSPS) is 15.1. The van der Waals surface area contributed by atoms with Crippen molar-refractivity contribution in [2.24, 2.45) is 0 Å². The number of aromatic nitrogens is 1. The van der Waals surface area contributed by atoms with Gasteiger partial charge in [-0.3, -0.25) is 0 Å². The van der Waals surface area contributed by atoms with Gasteiger partial charge >= 0.3 is 0 Å². The molecule has 0 atom stereocenters. The molecule has 2 heteroatoms. The molecule has 1 heterocycles. The van der Waals surface area contributed by atoms with Crippen LogP contribution >= 0.6 is 0 Å². The van der Waals surface area contributed by atoms with E-state index in [1.165, 1.54) is 106 Å². The summed E-state index contributed by atoms with van der Waals surface area (Å²) in [7, 11) is 0. The Morgan fingerprint density at radius 2 is 1.02 bits per heavy atom. The number of hydrogen-bond donors (Lipinski definition) is 0. The van der Waals surface area contributed by atoms with E-state index in [1.807, 2.05) is 0 Å². The summed E-state index contributed by atoms with van der Waals surface area (Å²) in [5.74, 6) is 0. The fourth-order valence-electron chi connectivity index (χ4n) is 11.4. The molecule has 0 saturated carbocycles. The SMILES string of the molecule is CC1(C)c2ccccc2-c2cccc(N(c3ccc(-c4ccc(-n5c6c(c7ccccc75)CCC=C6)c5ccccc45)cc3)c3cccc4c3C(C)(C)c3ccccc3-4)c21. The highest BCUT2D eigenvalue weighted by atomic mass is 15.2. The van der Waals surface area contributed by atoms with E-state index in [4.69, 9.17) is 0 Å². The number of anilines is 3. The van der Waals surface area contributed by atoms with E-state index in [1.54, 1.807) is 0 Å². The summed E-state index contributed by atoms with van der Waals surface area (Å²) in [6.07, 6.45) is 6.82. The van der Waals surface area contributed by atoms with Crippen LogP contribution in [0.4, 0.5) is 17.1 Å². The monoisotopic (exact) mass is 770 g/mol. The van der Waals surface area contributed by atoms with Gasteiger partial charge in [-0.2, -0.15) is 0 Å². The highest BCUT2D eigenvalue weighted by Crippen LogP contribution is 2.58. The van der Waals surface area contributed by atoms with Crippen molar-refractivity contribution in [3.8, 4) is 39.1 Å². The van der Waals surface area contributed by atoms with E-state index >= 15 is 0 Å². The van der Waals surface area contributed by atoms with E-state index in [0.29, 0.717) is 0 Å². The topological polar surface area (TPSA) is 8.17 Å². The minimum Gasteiger partial charge on any atom is -0.310 e. The second-order valence-corrected chi connectivity index (χ2v) is 18.0. The molecule has 0 aliphatic heterocycles. The van der Waals surface area contributed by atoms with Crippen molar-refractivity contribution in [3.05, 3.63) is 209 Å². The molecule has 0 radical (unpaired) electrons. The Balaban J connectivity index is 1.04. The van der Waals surface area contributed by atoms with E-state index in [2.05, 4.69) is 219 Å². The number of allylic oxidation sites excluding steroid dienone is 1. The molecular weight excluding hydrogens is 725 g/mol. The summed E-state index contributed by atoms with van der Waals surface area (Å²) in [6.45, 7) is 9.59. The van der Waals surface area contributed by atoms with Crippen LogP contribution in [0.5, 0.6) is 0 Å². The summed E-state index contributed by atoms with van der Waals surface area (Å²) in [5, 5.41) is 3.87. The van der Waals surface area contributed by atoms with Gasteiger partial charge in [0.1, 0.15) is 0 Å². The van der Waals surface area contributed by atoms with Crippen LogP contribution in [0.1, 0.15) is 67.6 Å². The first-order valence-electron chi connectivity index (χ1n) is 21.5. The van der Waals surface area contributed by atoms with E-state index < -0.39 is 0 Å². The van der Waals surface area contributed by atoms with Crippen LogP contribution in [-0.4, -0.2) is 4.57 Å². The Labute approximate surface area is 352 Å². The van der Waals surface area contributed by atoms with Crippen molar-refractivity contribution in [1.29, 1.82) is 0 Å². The fraction of sp³-hybridized carbons (Fsp3) is 0.138. The Morgan fingerprint density at radius 1 is 0.467 bits per heavy atom. The summed E-state index contributed by atoms with van der Waals surface area (Å²) in [6, 6.07) is 63.7. The first-order chi connectivity index (χ1) is 29.3. The van der Waals surface area contributed by atoms with Gasteiger partial charge in [0.25, 0.3) is 0 Å². The first kappa shape index (κ1) is 35.1. The largest absolute Gasteiger partial charge is 0.310 e. The van der Waals surface area contributed by atoms with Gasteiger partial charge in [0.05, 0.1) is 22.6 Å². The van der Waals surface area contributed by atoms with E-state index in [9.17, 15) is 0 Å². The van der Waals surface area contributed by atoms with Crippen LogP contribution in [0.25, 0.3) is 66.8 Å². The minimum absolute atomic E-state index is 0.183. The standard InChI is InChI=1S/C58H46N2/c1-57(2)48-25-11-7-18-41(48)46-23-15-29-53(55(46)57)59(54-30-16-24-47-42-19-8-12-26-49(42)58(3,4)56(47)54)38-33-31-37(32-34-38)39-35-36-52(43-20-6-5-17-40(39)43)60-50-27-13-9-21-44(50)45-22-10-14-28-51(45)60/h5-9,11-21,23-36H,10,22H2,1-4H3. The van der Waals surface area contributed by atoms with Crippen molar-refractivity contribution in [2.45, 2.75) is 51.4 Å². The maximum absolute atomic E-state index is 2.57. The molecule has 0 unspecified atom stereocenters. The average Bonchev–Trinajstić information content (AvgIpc) is 3.84. The molecule has 1 aromatic heterocycles. The van der Waals surface area contributed by atoms with Gasteiger partial charge in [-0.05, 0) is 122 Å². The molecule has 60 heavy (non-hydrogen) atoms. The summed E-state index contributed by atoms with van der Waals surface area (Å²) in [4.78, 5) is 2.57. The summed E-state index contributed by atoms with van der Waals surface area (Å²) < 4.78 is 2.49. The average molecular weight is 771 g/mol. The molecule has 3 aliphatic rings. The summed E-state index contributed by atoms with van der Waals surface area (Å²) >= 11 is 0. The van der Waals surface area contributed by atoms with Crippen molar-refractivity contribution in [2.75, 3.05) is 4.90 Å². The fourth-order valence-corrected chi connectivity index (χ4v) is 11.4. The lowest BCUT2D eigenvalue weighted by molar-refractivity contribution is 0.656. The molecule has 0 saturated heterocycles. The number of benzene rings is 8. The summed E-state index contributed by atoms with van der Waals surface area (Å²) in [5.41, 5.74) is 21.8. The van der Waals surface area contributed by atoms with Crippen LogP contribution in [0, 0.1) is 0 Å². The lowest BCUT2D eigenvalue weighted by atomic mass is 9.80. The van der Waals surface area contributed by atoms with Crippen molar-refractivity contribution < 1.29 is 0 Å². The third kappa shape index (κ3) is 4.82. The van der Waals surface area contributed by atoms with E-state index in [0.717, 1.165) is 18.5 Å². The first-order valence-corrected chi connectivity index (χ1v) is 21.5.